The lowest BCUT2D eigenvalue weighted by molar-refractivity contribution is 0.409. The van der Waals surface area contributed by atoms with Crippen molar-refractivity contribution < 1.29 is 4.74 Å². The fraction of sp³-hybridized carbons (Fsp3) is 0.211. The van der Waals surface area contributed by atoms with Gasteiger partial charge in [-0.2, -0.15) is 9.78 Å². The first-order chi connectivity index (χ1) is 12.8. The maximum absolute atomic E-state index is 13.0. The zero-order valence-electron chi connectivity index (χ0n) is 14.8. The molecule has 0 saturated heterocycles. The predicted molar refractivity (Wildman–Crippen MR) is 119 cm³/mol. The Morgan fingerprint density at radius 1 is 1.15 bits per heavy atom. The van der Waals surface area contributed by atoms with Crippen LogP contribution in [-0.4, -0.2) is 23.0 Å². The van der Waals surface area contributed by atoms with Crippen LogP contribution in [0, 0.1) is 0 Å². The van der Waals surface area contributed by atoms with Gasteiger partial charge in [0.05, 0.1) is 33.2 Å². The fourth-order valence-electron chi connectivity index (χ4n) is 2.62. The van der Waals surface area contributed by atoms with Crippen molar-refractivity contribution in [1.29, 1.82) is 0 Å². The Hall–Kier alpha value is -1.51. The molecule has 0 aliphatic carbocycles. The van der Waals surface area contributed by atoms with Gasteiger partial charge in [0.1, 0.15) is 11.6 Å². The normalized spacial score (nSPS) is 11.7. The van der Waals surface area contributed by atoms with Gasteiger partial charge >= 0.3 is 0 Å². The summed E-state index contributed by atoms with van der Waals surface area (Å²) in [5, 5.41) is 4.95. The second-order valence-corrected chi connectivity index (χ2v) is 8.79. The largest absolute Gasteiger partial charge is 0.494 e. The molecule has 0 N–H and O–H groups in total. The molecule has 1 heterocycles. The molecule has 5 nitrogen and oxygen atoms in total. The van der Waals surface area contributed by atoms with E-state index >= 15 is 0 Å². The van der Waals surface area contributed by atoms with E-state index in [1.165, 1.54) is 4.68 Å². The molecule has 3 rings (SSSR count). The van der Waals surface area contributed by atoms with Gasteiger partial charge in [-0.1, -0.05) is 29.8 Å². The number of nitrogens with zero attached hydrogens (tertiary/aromatic N) is 3. The van der Waals surface area contributed by atoms with Gasteiger partial charge in [-0.25, -0.2) is 4.98 Å². The van der Waals surface area contributed by atoms with Crippen molar-refractivity contribution in [2.75, 3.05) is 7.11 Å². The third kappa shape index (κ3) is 4.17. The Labute approximate surface area is 181 Å². The Kier molecular flexibility index (Phi) is 6.18. The van der Waals surface area contributed by atoms with Crippen LogP contribution in [0.15, 0.2) is 53.6 Å². The van der Waals surface area contributed by atoms with Crippen molar-refractivity contribution >= 4 is 64.9 Å². The maximum atomic E-state index is 13.0. The molecule has 0 spiro atoms. The van der Waals surface area contributed by atoms with Crippen LogP contribution in [0.2, 0.25) is 0 Å². The van der Waals surface area contributed by atoms with E-state index in [4.69, 9.17) is 4.74 Å². The van der Waals surface area contributed by atoms with E-state index in [1.54, 1.807) is 19.4 Å². The summed E-state index contributed by atoms with van der Waals surface area (Å²) in [6, 6.07) is 9.22. The average molecular weight is 558 g/mol. The molecule has 2 aromatic carbocycles. The first-order valence-corrected chi connectivity index (χ1v) is 10.5. The molecule has 0 aliphatic heterocycles. The summed E-state index contributed by atoms with van der Waals surface area (Å²) in [6.45, 7) is 3.97. The van der Waals surface area contributed by atoms with E-state index in [-0.39, 0.29) is 11.5 Å². The van der Waals surface area contributed by atoms with E-state index in [1.807, 2.05) is 38.1 Å². The number of halogens is 3. The number of methoxy groups -OCH3 is 1. The predicted octanol–water partition coefficient (Wildman–Crippen LogP) is 5.70. The van der Waals surface area contributed by atoms with Crippen LogP contribution >= 0.6 is 47.8 Å². The van der Waals surface area contributed by atoms with Crippen LogP contribution in [0.5, 0.6) is 5.75 Å². The molecule has 0 radical (unpaired) electrons. The fourth-order valence-corrected chi connectivity index (χ4v) is 4.53. The first kappa shape index (κ1) is 20.2. The van der Waals surface area contributed by atoms with Gasteiger partial charge < -0.3 is 4.74 Å². The quantitative estimate of drug-likeness (QED) is 0.387. The van der Waals surface area contributed by atoms with Gasteiger partial charge in [-0.3, -0.25) is 4.79 Å². The second-order valence-electron chi connectivity index (χ2n) is 6.17. The summed E-state index contributed by atoms with van der Waals surface area (Å²) in [6.07, 6.45) is 1.63. The van der Waals surface area contributed by atoms with Gasteiger partial charge in [0.2, 0.25) is 0 Å². The van der Waals surface area contributed by atoms with Gasteiger partial charge in [-0.05, 0) is 67.8 Å². The highest BCUT2D eigenvalue weighted by atomic mass is 79.9. The van der Waals surface area contributed by atoms with Gasteiger partial charge in [-0.15, -0.1) is 0 Å². The van der Waals surface area contributed by atoms with Crippen LogP contribution in [0.3, 0.4) is 0 Å². The Morgan fingerprint density at radius 3 is 2.41 bits per heavy atom. The van der Waals surface area contributed by atoms with Gasteiger partial charge in [0.15, 0.2) is 0 Å². The highest BCUT2D eigenvalue weighted by Gasteiger charge is 2.14. The molecule has 140 valence electrons. The van der Waals surface area contributed by atoms with Gasteiger partial charge in [0, 0.05) is 10.4 Å². The number of hydrogen-bond donors (Lipinski definition) is 0. The van der Waals surface area contributed by atoms with Crippen molar-refractivity contribution in [2.45, 2.75) is 19.8 Å². The molecule has 0 fully saturated rings. The molecule has 8 heteroatoms. The highest BCUT2D eigenvalue weighted by Crippen LogP contribution is 2.34. The molecule has 27 heavy (non-hydrogen) atoms. The van der Waals surface area contributed by atoms with Crippen LogP contribution in [0.25, 0.3) is 10.9 Å². The number of hydrogen-bond acceptors (Lipinski definition) is 4. The van der Waals surface area contributed by atoms with Crippen molar-refractivity contribution in [3.8, 4) is 5.75 Å². The Bertz CT molecular complexity index is 1080. The highest BCUT2D eigenvalue weighted by molar-refractivity contribution is 9.11. The Morgan fingerprint density at radius 2 is 1.81 bits per heavy atom. The summed E-state index contributed by atoms with van der Waals surface area (Å²) in [5.74, 6) is 1.35. The number of ether oxygens (including phenoxy) is 1. The molecule has 1 aromatic heterocycles. The summed E-state index contributed by atoms with van der Waals surface area (Å²) in [7, 11) is 1.60. The minimum atomic E-state index is -0.201. The lowest BCUT2D eigenvalue weighted by Crippen LogP contribution is -2.23. The van der Waals surface area contributed by atoms with E-state index < -0.39 is 0 Å². The van der Waals surface area contributed by atoms with Crippen molar-refractivity contribution in [2.24, 2.45) is 5.10 Å². The summed E-state index contributed by atoms with van der Waals surface area (Å²) in [4.78, 5) is 17.7. The zero-order chi connectivity index (χ0) is 19.7. The molecule has 0 aliphatic rings. The van der Waals surface area contributed by atoms with Crippen LogP contribution in [0.1, 0.15) is 31.2 Å². The maximum Gasteiger partial charge on any atom is 0.282 e. The van der Waals surface area contributed by atoms with E-state index in [9.17, 15) is 4.79 Å². The van der Waals surface area contributed by atoms with Crippen LogP contribution in [0.4, 0.5) is 0 Å². The van der Waals surface area contributed by atoms with E-state index in [2.05, 4.69) is 57.9 Å². The second kappa shape index (κ2) is 8.24. The van der Waals surface area contributed by atoms with Crippen LogP contribution < -0.4 is 10.3 Å². The monoisotopic (exact) mass is 555 g/mol. The Balaban J connectivity index is 2.16. The van der Waals surface area contributed by atoms with Crippen LogP contribution in [-0.2, 0) is 0 Å². The van der Waals surface area contributed by atoms with Gasteiger partial charge in [0.25, 0.3) is 5.56 Å². The molecule has 0 amide bonds. The van der Waals surface area contributed by atoms with Crippen molar-refractivity contribution in [1.82, 2.24) is 9.66 Å². The molecule has 0 unspecified atom stereocenters. The minimum absolute atomic E-state index is 0.0391. The summed E-state index contributed by atoms with van der Waals surface area (Å²) < 4.78 is 9.08. The lowest BCUT2D eigenvalue weighted by atomic mass is 10.2. The SMILES string of the molecule is COc1c(Br)cc(C=Nn2c(C(C)C)nc3ccc(Br)cc3c2=O)cc1Br. The third-order valence-corrected chi connectivity index (χ3v) is 5.57. The smallest absolute Gasteiger partial charge is 0.282 e. The molecule has 0 saturated carbocycles. The number of aromatic nitrogens is 2. The van der Waals surface area contributed by atoms with Crippen molar-refractivity contribution in [3.05, 3.63) is 65.5 Å². The molecular formula is C19H16Br3N3O2. The minimum Gasteiger partial charge on any atom is -0.494 e. The number of benzene rings is 2. The molecule has 0 bridgehead atoms. The summed E-state index contributed by atoms with van der Waals surface area (Å²) >= 11 is 10.4. The molecule has 3 aromatic rings. The molecule has 0 atom stereocenters. The average Bonchev–Trinajstić information content (AvgIpc) is 2.61. The first-order valence-electron chi connectivity index (χ1n) is 8.11. The summed E-state index contributed by atoms with van der Waals surface area (Å²) in [5.41, 5.74) is 1.27. The van der Waals surface area contributed by atoms with E-state index in [0.717, 1.165) is 19.0 Å². The number of fused-ring (bicyclic) bond motifs is 1. The third-order valence-electron chi connectivity index (χ3n) is 3.90. The standard InChI is InChI=1S/C19H16Br3N3O2/c1-10(2)18-24-16-5-4-12(20)8-13(16)19(26)25(18)23-9-11-6-14(21)17(27-3)15(22)7-11/h4-10H,1-3H3. The number of rotatable bonds is 4. The van der Waals surface area contributed by atoms with E-state index in [0.29, 0.717) is 22.5 Å². The zero-order valence-corrected chi connectivity index (χ0v) is 19.6. The molecular weight excluding hydrogens is 542 g/mol. The topological polar surface area (TPSA) is 56.5 Å². The van der Waals surface area contributed by atoms with Crippen molar-refractivity contribution in [3.63, 3.8) is 0 Å². The lowest BCUT2D eigenvalue weighted by Gasteiger charge is -2.12.